The first-order valence-corrected chi connectivity index (χ1v) is 12.2. The molecule has 0 bridgehead atoms. The predicted molar refractivity (Wildman–Crippen MR) is 99.5 cm³/mol. The van der Waals surface area contributed by atoms with Crippen LogP contribution in [-0.4, -0.2) is 79.4 Å². The number of hydrogen-bond donors (Lipinski definition) is 0. The molecule has 0 radical (unpaired) electrons. The fourth-order valence-corrected chi connectivity index (χ4v) is 6.62. The lowest BCUT2D eigenvalue weighted by Gasteiger charge is -2.28. The lowest BCUT2D eigenvalue weighted by Crippen LogP contribution is -2.44. The van der Waals surface area contributed by atoms with Gasteiger partial charge in [-0.25, -0.2) is 21.1 Å². The van der Waals surface area contributed by atoms with Crippen molar-refractivity contribution in [2.75, 3.05) is 25.6 Å². The molecule has 2 fully saturated rings. The Morgan fingerprint density at radius 2 is 1.81 bits per heavy atom. The van der Waals surface area contributed by atoms with Gasteiger partial charge in [-0.1, -0.05) is 0 Å². The number of sulfone groups is 1. The average Bonchev–Trinajstić information content (AvgIpc) is 3.23. The van der Waals surface area contributed by atoms with Crippen LogP contribution >= 0.6 is 0 Å². The molecule has 1 saturated carbocycles. The Bertz CT molecular complexity index is 961. The number of sulfonamides is 1. The molecule has 9 nitrogen and oxygen atoms in total. The lowest BCUT2D eigenvalue weighted by atomic mass is 10.2. The fourth-order valence-electron chi connectivity index (χ4n) is 3.65. The number of rotatable bonds is 6. The summed E-state index contributed by atoms with van der Waals surface area (Å²) < 4.78 is 51.2. The monoisotopic (exact) mass is 418 g/mol. The zero-order valence-corrected chi connectivity index (χ0v) is 17.7. The van der Waals surface area contributed by atoms with Crippen molar-refractivity contribution < 1.29 is 21.6 Å². The van der Waals surface area contributed by atoms with Gasteiger partial charge in [0.25, 0.3) is 0 Å². The molecule has 1 aliphatic carbocycles. The molecule has 3 rings (SSSR count). The zero-order valence-electron chi connectivity index (χ0n) is 16.0. The number of aryl methyl sites for hydroxylation is 1. The number of hydrogen-bond acceptors (Lipinski definition) is 6. The Morgan fingerprint density at radius 1 is 1.19 bits per heavy atom. The molecule has 0 spiro atoms. The topological polar surface area (TPSA) is 110 Å². The Hall–Kier alpha value is -1.46. The molecule has 0 N–H and O–H groups in total. The molecule has 27 heavy (non-hydrogen) atoms. The molecule has 2 aliphatic rings. The van der Waals surface area contributed by atoms with Crippen LogP contribution in [0.2, 0.25) is 0 Å². The third-order valence-electron chi connectivity index (χ3n) is 5.17. The van der Waals surface area contributed by atoms with Gasteiger partial charge < -0.3 is 4.90 Å². The molecule has 1 saturated heterocycles. The molecule has 1 aromatic heterocycles. The summed E-state index contributed by atoms with van der Waals surface area (Å²) in [5, 5.41) is 4.26. The Kier molecular flexibility index (Phi) is 5.15. The van der Waals surface area contributed by atoms with Crippen molar-refractivity contribution in [3.63, 3.8) is 0 Å². The smallest absolute Gasteiger partial charge is 0.246 e. The Balaban J connectivity index is 1.85. The van der Waals surface area contributed by atoms with Crippen LogP contribution < -0.4 is 0 Å². The van der Waals surface area contributed by atoms with Crippen LogP contribution in [0.4, 0.5) is 0 Å². The maximum atomic E-state index is 13.0. The quantitative estimate of drug-likeness (QED) is 0.640. The van der Waals surface area contributed by atoms with Crippen LogP contribution in [0.15, 0.2) is 4.90 Å². The van der Waals surface area contributed by atoms with Crippen LogP contribution in [0, 0.1) is 13.8 Å². The normalized spacial score (nSPS) is 22.3. The van der Waals surface area contributed by atoms with E-state index in [1.807, 2.05) is 0 Å². The van der Waals surface area contributed by atoms with Gasteiger partial charge in [-0.2, -0.15) is 5.10 Å². The summed E-state index contributed by atoms with van der Waals surface area (Å²) in [6.07, 6.45) is 2.21. The van der Waals surface area contributed by atoms with Crippen molar-refractivity contribution in [2.45, 2.75) is 56.6 Å². The van der Waals surface area contributed by atoms with Crippen molar-refractivity contribution in [1.82, 2.24) is 19.0 Å². The van der Waals surface area contributed by atoms with E-state index in [1.165, 1.54) is 18.8 Å². The van der Waals surface area contributed by atoms with Crippen molar-refractivity contribution in [3.8, 4) is 0 Å². The Morgan fingerprint density at radius 3 is 2.30 bits per heavy atom. The van der Waals surface area contributed by atoms with Crippen LogP contribution in [0.3, 0.4) is 0 Å². The molecule has 1 aromatic rings. The van der Waals surface area contributed by atoms with Crippen molar-refractivity contribution in [2.24, 2.45) is 0 Å². The minimum absolute atomic E-state index is 0.00656. The van der Waals surface area contributed by atoms with Gasteiger partial charge in [0.1, 0.15) is 11.4 Å². The second kappa shape index (κ2) is 6.85. The summed E-state index contributed by atoms with van der Waals surface area (Å²) in [6, 6.07) is -0.213. The average molecular weight is 419 g/mol. The molecular weight excluding hydrogens is 392 g/mol. The highest BCUT2D eigenvalue weighted by Gasteiger charge is 2.42. The van der Waals surface area contributed by atoms with Gasteiger partial charge in [0.15, 0.2) is 9.84 Å². The summed E-state index contributed by atoms with van der Waals surface area (Å²) in [4.78, 5) is 14.8. The number of nitrogens with zero attached hydrogens (tertiary/aromatic N) is 4. The van der Waals surface area contributed by atoms with E-state index in [1.54, 1.807) is 18.7 Å². The van der Waals surface area contributed by atoms with Gasteiger partial charge in [-0.3, -0.25) is 9.48 Å². The van der Waals surface area contributed by atoms with Crippen molar-refractivity contribution in [3.05, 3.63) is 11.4 Å². The van der Waals surface area contributed by atoms with E-state index in [0.29, 0.717) is 17.8 Å². The number of aromatic nitrogens is 2. The van der Waals surface area contributed by atoms with Crippen molar-refractivity contribution in [1.29, 1.82) is 0 Å². The number of amides is 1. The van der Waals surface area contributed by atoms with E-state index in [0.717, 1.165) is 17.1 Å². The minimum atomic E-state index is -3.66. The minimum Gasteiger partial charge on any atom is -0.334 e. The van der Waals surface area contributed by atoms with Crippen LogP contribution in [0.1, 0.15) is 30.7 Å². The summed E-state index contributed by atoms with van der Waals surface area (Å²) >= 11 is 0. The predicted octanol–water partition coefficient (Wildman–Crippen LogP) is -0.0717. The largest absolute Gasteiger partial charge is 0.334 e. The summed E-state index contributed by atoms with van der Waals surface area (Å²) in [7, 11) is -3.86. The molecule has 1 amide bonds. The molecule has 2 heterocycles. The highest BCUT2D eigenvalue weighted by molar-refractivity contribution is 7.91. The van der Waals surface area contributed by atoms with E-state index < -0.39 is 19.9 Å². The lowest BCUT2D eigenvalue weighted by molar-refractivity contribution is -0.134. The van der Waals surface area contributed by atoms with Crippen LogP contribution in [0.25, 0.3) is 0 Å². The zero-order chi connectivity index (χ0) is 20.1. The third kappa shape index (κ3) is 3.90. The van der Waals surface area contributed by atoms with E-state index in [9.17, 15) is 21.6 Å². The highest BCUT2D eigenvalue weighted by Crippen LogP contribution is 2.32. The molecule has 0 aromatic carbocycles. The van der Waals surface area contributed by atoms with Gasteiger partial charge in [0.05, 0.1) is 22.9 Å². The van der Waals surface area contributed by atoms with Gasteiger partial charge in [0, 0.05) is 26.2 Å². The number of carbonyl (C=O) groups excluding carboxylic acids is 1. The standard InChI is InChI=1S/C16H26N4O5S2/c1-11-16(27(24,25)18(3)4)12(2)19(17-11)9-15(21)20(13-5-6-13)14-7-8-26(22,23)10-14/h13-14H,5-10H2,1-4H3. The first kappa shape index (κ1) is 20.3. The summed E-state index contributed by atoms with van der Waals surface area (Å²) in [5.74, 6) is -0.0923. The second-order valence-electron chi connectivity index (χ2n) is 7.53. The SMILES string of the molecule is Cc1nn(CC(=O)N(C2CC2)C2CCS(=O)(=O)C2)c(C)c1S(=O)(=O)N(C)C. The number of carbonyl (C=O) groups is 1. The van der Waals surface area contributed by atoms with Gasteiger partial charge >= 0.3 is 0 Å². The fraction of sp³-hybridized carbons (Fsp3) is 0.750. The van der Waals surface area contributed by atoms with Crippen LogP contribution in [0.5, 0.6) is 0 Å². The second-order valence-corrected chi connectivity index (χ2v) is 11.9. The molecule has 1 aliphatic heterocycles. The van der Waals surface area contributed by atoms with E-state index in [4.69, 9.17) is 0 Å². The Labute approximate surface area is 160 Å². The molecule has 152 valence electrons. The van der Waals surface area contributed by atoms with Gasteiger partial charge in [0.2, 0.25) is 15.9 Å². The summed E-state index contributed by atoms with van der Waals surface area (Å²) in [6.45, 7) is 3.14. The maximum Gasteiger partial charge on any atom is 0.246 e. The van der Waals surface area contributed by atoms with E-state index in [-0.39, 0.29) is 40.9 Å². The van der Waals surface area contributed by atoms with Crippen LogP contribution in [-0.2, 0) is 31.2 Å². The van der Waals surface area contributed by atoms with Crippen molar-refractivity contribution >= 4 is 25.8 Å². The molecule has 1 unspecified atom stereocenters. The maximum absolute atomic E-state index is 13.0. The molecule has 11 heteroatoms. The molecule has 1 atom stereocenters. The van der Waals surface area contributed by atoms with E-state index in [2.05, 4.69) is 5.10 Å². The third-order valence-corrected chi connectivity index (χ3v) is 8.99. The first-order valence-electron chi connectivity index (χ1n) is 8.92. The van der Waals surface area contributed by atoms with Gasteiger partial charge in [-0.15, -0.1) is 0 Å². The van der Waals surface area contributed by atoms with E-state index >= 15 is 0 Å². The summed E-state index contributed by atoms with van der Waals surface area (Å²) in [5.41, 5.74) is 0.750. The first-order chi connectivity index (χ1) is 12.4. The van der Waals surface area contributed by atoms with Gasteiger partial charge in [-0.05, 0) is 33.1 Å². The molecular formula is C16H26N4O5S2. The highest BCUT2D eigenvalue weighted by atomic mass is 32.2.